The first kappa shape index (κ1) is 97.6. The first-order chi connectivity index (χ1) is 54.5. The van der Waals surface area contributed by atoms with E-state index in [1.807, 2.05) is 0 Å². The number of guanidine groups is 2. The monoisotopic (exact) mass is 1700 g/mol. The van der Waals surface area contributed by atoms with Crippen LogP contribution in [0.3, 0.4) is 0 Å². The molecular formula is C77H109Cl4N19O16. The predicted molar refractivity (Wildman–Crippen MR) is 437 cm³/mol. The Labute approximate surface area is 692 Å². The summed E-state index contributed by atoms with van der Waals surface area (Å²) >= 11 is 25.7. The third kappa shape index (κ3) is 32.5. The molecule has 0 spiro atoms. The SMILES string of the molecule is CC[C@H](C)[C@H](NC(=O)[C@H](Cc1ccc(O)c(Cc2c(Cl)cccc2Cl)c1)NC(C)=O)C(=O)N[C@@H](CC(N)=O)C(=O)N[C@@H](CC(C)C)C(=O)N[C@H](C(=O)N[C@@H](C(=O)N[C@@H](CCCNC(=N)N)C(=O)N[C@@H](CCC(N)=O)C(=O)N[C@@H](CCCNC(=N)N)C(=O)N[C@@H](Cc1ccc(O)c(Cc2c(Cl)cccc2Cl)c1)C(N)=O)[C@H](C)O)[C@@H](C)CC. The molecule has 116 heavy (non-hydrogen) atoms. The number of carbonyl (C=O) groups is 13. The van der Waals surface area contributed by atoms with Crippen molar-refractivity contribution < 1.29 is 77.6 Å². The van der Waals surface area contributed by atoms with Crippen LogP contribution >= 0.6 is 46.4 Å². The number of aliphatic hydroxyl groups is 1. The highest BCUT2D eigenvalue weighted by molar-refractivity contribution is 6.36. The second kappa shape index (κ2) is 47.9. The van der Waals surface area contributed by atoms with Crippen LogP contribution in [0, 0.1) is 28.6 Å². The fraction of sp³-hybridized carbons (Fsp3) is 0.494. The van der Waals surface area contributed by atoms with Gasteiger partial charge in [0.2, 0.25) is 76.8 Å². The topological polar surface area (TPSA) is 605 Å². The molecule has 0 heterocycles. The van der Waals surface area contributed by atoms with Gasteiger partial charge in [-0.2, -0.15) is 0 Å². The van der Waals surface area contributed by atoms with Crippen LogP contribution < -0.4 is 92.5 Å². The van der Waals surface area contributed by atoms with Crippen molar-refractivity contribution in [2.45, 2.75) is 212 Å². The van der Waals surface area contributed by atoms with Crippen molar-refractivity contribution in [1.29, 1.82) is 10.8 Å². The highest BCUT2D eigenvalue weighted by Crippen LogP contribution is 2.33. The van der Waals surface area contributed by atoms with Gasteiger partial charge in [0.15, 0.2) is 11.9 Å². The zero-order valence-electron chi connectivity index (χ0n) is 65.9. The maximum absolute atomic E-state index is 14.6. The molecule has 0 aliphatic carbocycles. The minimum Gasteiger partial charge on any atom is -0.508 e. The minimum atomic E-state index is -1.92. The Morgan fingerprint density at radius 2 is 0.784 bits per heavy atom. The van der Waals surface area contributed by atoms with E-state index in [1.165, 1.54) is 31.2 Å². The van der Waals surface area contributed by atoms with Crippen LogP contribution in [0.4, 0.5) is 0 Å². The summed E-state index contributed by atoms with van der Waals surface area (Å²) in [6, 6.07) is 2.90. The number of hydrogen-bond acceptors (Lipinski definition) is 18. The quantitative estimate of drug-likeness (QED) is 0.0168. The molecule has 0 saturated heterocycles. The van der Waals surface area contributed by atoms with Crippen LogP contribution in [-0.4, -0.2) is 184 Å². The molecule has 27 N–H and O–H groups in total. The molecule has 4 aromatic carbocycles. The summed E-state index contributed by atoms with van der Waals surface area (Å²) in [4.78, 5) is 181. The Bertz CT molecular complexity index is 4140. The van der Waals surface area contributed by atoms with Gasteiger partial charge in [0.1, 0.15) is 71.9 Å². The summed E-state index contributed by atoms with van der Waals surface area (Å²) in [5.41, 5.74) is 30.7. The normalized spacial score (nSPS) is 14.5. The maximum atomic E-state index is 14.6. The zero-order valence-corrected chi connectivity index (χ0v) is 68.9. The third-order valence-electron chi connectivity index (χ3n) is 19.0. The second-order valence-corrected chi connectivity index (χ2v) is 30.5. The molecule has 0 aromatic heterocycles. The van der Waals surface area contributed by atoms with Crippen LogP contribution in [0.25, 0.3) is 0 Å². The van der Waals surface area contributed by atoms with Gasteiger partial charge >= 0.3 is 0 Å². The van der Waals surface area contributed by atoms with Gasteiger partial charge in [-0.1, -0.05) is 137 Å². The standard InChI is InChI=1S/C77H109Cl4N19O16/c1-9-38(5)63(98-72(113)57(91-41(8)102)33-43-22-25-60(104)45(31-43)35-47-50(80)17-12-18-51(47)81)73(114)97-58(36-62(83)106)70(111)96-56(29-37(3)4)71(112)99-64(39(6)10-2)74(115)100-65(40(7)101)75(116)94-53(20-14-28-90-77(87)88)67(108)93-54(23-26-61(82)105)69(110)92-52(19-13-27-89-76(85)86)68(109)95-55(66(84)107)32-42-21-24-59(103)44(30-42)34-46-48(78)15-11-16-49(46)79/h11-12,15-18,21-22,24-25,30-31,37-40,52-58,63-65,101,103-104H,9-10,13-14,19-20,23,26-29,32-36H2,1-8H3,(H2,82,105)(H2,83,106)(H2,84,107)(H,91,102)(H,92,110)(H,93,108)(H,94,116)(H,95,109)(H,96,111)(H,97,114)(H,98,113)(H,99,112)(H,100,115)(H4,85,86,89)(H4,87,88,90)/t38-,39-,40-,52-,53-,54-,55-,56-,57-,58-,63-,64-,65+/m0/s1. The molecule has 0 unspecified atom stereocenters. The van der Waals surface area contributed by atoms with Gasteiger partial charge < -0.3 is 108 Å². The number of nitrogens with two attached hydrogens (primary N) is 5. The average Bonchev–Trinajstić information content (AvgIpc) is 0.836. The van der Waals surface area contributed by atoms with E-state index in [1.54, 1.807) is 90.1 Å². The molecule has 13 amide bonds. The van der Waals surface area contributed by atoms with Crippen LogP contribution in [0.1, 0.15) is 153 Å². The van der Waals surface area contributed by atoms with Crippen molar-refractivity contribution in [3.8, 4) is 11.5 Å². The summed E-state index contributed by atoms with van der Waals surface area (Å²) < 4.78 is 0. The Hall–Kier alpha value is -10.8. The molecular weight excluding hydrogens is 1590 g/mol. The molecule has 0 bridgehead atoms. The molecule has 0 aliphatic rings. The van der Waals surface area contributed by atoms with Gasteiger partial charge in [-0.25, -0.2) is 0 Å². The largest absolute Gasteiger partial charge is 0.508 e. The number of aromatic hydroxyl groups is 2. The highest BCUT2D eigenvalue weighted by Gasteiger charge is 2.39. The zero-order chi connectivity index (χ0) is 87.0. The van der Waals surface area contributed by atoms with Gasteiger partial charge in [0, 0.05) is 72.2 Å². The molecule has 13 atom stereocenters. The van der Waals surface area contributed by atoms with Crippen molar-refractivity contribution in [2.24, 2.45) is 46.4 Å². The lowest BCUT2D eigenvalue weighted by atomic mass is 9.95. The number of carbonyl (C=O) groups excluding carboxylic acids is 13. The van der Waals surface area contributed by atoms with E-state index in [9.17, 15) is 77.6 Å². The van der Waals surface area contributed by atoms with E-state index in [0.717, 1.165) is 6.92 Å². The van der Waals surface area contributed by atoms with Crippen LogP contribution in [0.15, 0.2) is 72.8 Å². The Kier molecular flexibility index (Phi) is 40.3. The van der Waals surface area contributed by atoms with E-state index in [4.69, 9.17) is 85.9 Å². The van der Waals surface area contributed by atoms with E-state index < -0.39 is 186 Å². The highest BCUT2D eigenvalue weighted by atomic mass is 35.5. The molecule has 0 fully saturated rings. The maximum Gasteiger partial charge on any atom is 0.245 e. The van der Waals surface area contributed by atoms with E-state index in [2.05, 4.69) is 63.8 Å². The lowest BCUT2D eigenvalue weighted by Gasteiger charge is -2.31. The molecule has 4 rings (SSSR count). The van der Waals surface area contributed by atoms with Crippen molar-refractivity contribution in [3.05, 3.63) is 126 Å². The van der Waals surface area contributed by atoms with Gasteiger partial charge in [-0.3, -0.25) is 73.1 Å². The molecule has 39 heteroatoms. The van der Waals surface area contributed by atoms with Gasteiger partial charge in [-0.05, 0) is 133 Å². The third-order valence-corrected chi connectivity index (χ3v) is 20.4. The van der Waals surface area contributed by atoms with Gasteiger partial charge in [0.25, 0.3) is 0 Å². The predicted octanol–water partition coefficient (Wildman–Crippen LogP) is 1.22. The minimum absolute atomic E-state index is 0.00428. The summed E-state index contributed by atoms with van der Waals surface area (Å²) in [7, 11) is 0. The van der Waals surface area contributed by atoms with Crippen molar-refractivity contribution in [3.63, 3.8) is 0 Å². The molecule has 0 radical (unpaired) electrons. The number of benzene rings is 4. The summed E-state index contributed by atoms with van der Waals surface area (Å²) in [5, 5.41) is 80.1. The smallest absolute Gasteiger partial charge is 0.245 e. The molecule has 4 aromatic rings. The molecule has 0 saturated carbocycles. The van der Waals surface area contributed by atoms with Crippen molar-refractivity contribution >= 4 is 135 Å². The number of hydrogen-bond donors (Lipinski definition) is 22. The second-order valence-electron chi connectivity index (χ2n) is 28.9. The van der Waals surface area contributed by atoms with E-state index >= 15 is 0 Å². The Balaban J connectivity index is 1.60. The first-order valence-corrected chi connectivity index (χ1v) is 39.2. The van der Waals surface area contributed by atoms with Crippen LogP contribution in [0.2, 0.25) is 20.1 Å². The Morgan fingerprint density at radius 3 is 1.17 bits per heavy atom. The van der Waals surface area contributed by atoms with Gasteiger partial charge in [-0.15, -0.1) is 0 Å². The average molecular weight is 1700 g/mol. The summed E-state index contributed by atoms with van der Waals surface area (Å²) in [5.74, 6) is -15.7. The van der Waals surface area contributed by atoms with Crippen LogP contribution in [-0.2, 0) is 88.0 Å². The number of primary amides is 3. The number of phenols is 2. The number of aliphatic hydroxyl groups excluding tert-OH is 1. The number of nitrogens with one attached hydrogen (secondary N) is 14. The molecule has 35 nitrogen and oxygen atoms in total. The molecule has 0 aliphatic heterocycles. The lowest BCUT2D eigenvalue weighted by molar-refractivity contribution is -0.138. The van der Waals surface area contributed by atoms with E-state index in [-0.39, 0.29) is 101 Å². The van der Waals surface area contributed by atoms with E-state index in [0.29, 0.717) is 53.5 Å². The number of phenolic OH excluding ortho intramolecular Hbond substituents is 2. The van der Waals surface area contributed by atoms with Gasteiger partial charge in [0.05, 0.1) is 12.5 Å². The molecule has 636 valence electrons. The summed E-state index contributed by atoms with van der Waals surface area (Å²) in [6.07, 6.45) is -3.96. The fourth-order valence-corrected chi connectivity index (χ4v) is 13.2. The number of amides is 13. The first-order valence-electron chi connectivity index (χ1n) is 37.7. The lowest BCUT2D eigenvalue weighted by Crippen LogP contribution is -2.63. The number of rotatable bonds is 48. The van der Waals surface area contributed by atoms with Crippen molar-refractivity contribution in [1.82, 2.24) is 63.8 Å². The number of halogens is 4. The Morgan fingerprint density at radius 1 is 0.431 bits per heavy atom. The fourth-order valence-electron chi connectivity index (χ4n) is 12.2. The van der Waals surface area contributed by atoms with Crippen molar-refractivity contribution in [2.75, 3.05) is 13.1 Å². The summed E-state index contributed by atoms with van der Waals surface area (Å²) in [6.45, 7) is 12.2. The van der Waals surface area contributed by atoms with Crippen LogP contribution in [0.5, 0.6) is 11.5 Å².